The molecule has 0 saturated carbocycles. The van der Waals surface area contributed by atoms with Crippen LogP contribution in [0, 0.1) is 0 Å². The van der Waals surface area contributed by atoms with E-state index in [1.54, 1.807) is 67.6 Å². The van der Waals surface area contributed by atoms with E-state index in [1.165, 1.54) is 0 Å². The summed E-state index contributed by atoms with van der Waals surface area (Å²) in [6.45, 7) is 0.303. The van der Waals surface area contributed by atoms with Crippen molar-refractivity contribution in [1.29, 1.82) is 0 Å². The van der Waals surface area contributed by atoms with Crippen LogP contribution in [0.15, 0.2) is 60.7 Å². The Morgan fingerprint density at radius 3 is 2.50 bits per heavy atom. The fourth-order valence-electron chi connectivity index (χ4n) is 3.33. The van der Waals surface area contributed by atoms with E-state index in [4.69, 9.17) is 11.6 Å². The summed E-state index contributed by atoms with van der Waals surface area (Å²) in [5, 5.41) is 2.91. The zero-order valence-electron chi connectivity index (χ0n) is 13.8. The molecule has 1 heterocycles. The van der Waals surface area contributed by atoms with Gasteiger partial charge in [0, 0.05) is 16.3 Å². The highest BCUT2D eigenvalue weighted by Gasteiger charge is 2.49. The molecular weight excluding hydrogens is 365 g/mol. The minimum atomic E-state index is -4.56. The molecule has 1 atom stereocenters. The molecular formula is C19H16ClF3N2O. The van der Waals surface area contributed by atoms with Crippen LogP contribution >= 0.6 is 11.6 Å². The van der Waals surface area contributed by atoms with Crippen LogP contribution in [0.5, 0.6) is 0 Å². The minimum absolute atomic E-state index is 0.372. The Hall–Kier alpha value is -2.47. The van der Waals surface area contributed by atoms with Crippen molar-refractivity contribution in [3.63, 3.8) is 0 Å². The first-order chi connectivity index (χ1) is 12.3. The molecule has 0 radical (unpaired) electrons. The van der Waals surface area contributed by atoms with Gasteiger partial charge in [-0.25, -0.2) is 4.79 Å². The summed E-state index contributed by atoms with van der Waals surface area (Å²) in [5.74, 6) is 0. The third-order valence-corrected chi connectivity index (χ3v) is 4.50. The molecule has 136 valence electrons. The van der Waals surface area contributed by atoms with E-state index < -0.39 is 24.3 Å². The third kappa shape index (κ3) is 3.17. The second-order valence-electron chi connectivity index (χ2n) is 5.95. The summed E-state index contributed by atoms with van der Waals surface area (Å²) in [7, 11) is 0. The number of amides is 2. The molecule has 0 fully saturated rings. The number of hydrogen-bond acceptors (Lipinski definition) is 1. The van der Waals surface area contributed by atoms with E-state index >= 15 is 0 Å². The van der Waals surface area contributed by atoms with Gasteiger partial charge in [-0.05, 0) is 30.7 Å². The number of fused-ring (bicyclic) bond motifs is 1. The molecule has 0 saturated heterocycles. The van der Waals surface area contributed by atoms with E-state index in [0.717, 1.165) is 4.90 Å². The maximum Gasteiger partial charge on any atom is 0.406 e. The number of halogens is 4. The van der Waals surface area contributed by atoms with E-state index in [-0.39, 0.29) is 0 Å². The molecule has 2 amide bonds. The molecule has 0 bridgehead atoms. The lowest BCUT2D eigenvalue weighted by Gasteiger charge is -2.47. The molecule has 2 aromatic carbocycles. The molecule has 1 unspecified atom stereocenters. The quantitative estimate of drug-likeness (QED) is 0.694. The van der Waals surface area contributed by atoms with E-state index in [2.05, 4.69) is 5.32 Å². The largest absolute Gasteiger partial charge is 0.406 e. The van der Waals surface area contributed by atoms with Crippen molar-refractivity contribution in [3.8, 4) is 0 Å². The second-order valence-corrected chi connectivity index (χ2v) is 6.39. The number of benzene rings is 2. The second kappa shape index (κ2) is 6.68. The lowest BCUT2D eigenvalue weighted by atomic mass is 9.78. The standard InChI is InChI=1S/C19H16ClF3N2O/c1-2-10-18(13-6-4-3-5-7-13)15-11-14(20)8-9-16(15)24-17(26)25(18)12-19(21,22)23/h2-11H,12H2,1H3,(H,24,26). The predicted octanol–water partition coefficient (Wildman–Crippen LogP) is 5.57. The van der Waals surface area contributed by atoms with E-state index in [0.29, 0.717) is 21.8 Å². The molecule has 3 rings (SSSR count). The van der Waals surface area contributed by atoms with Gasteiger partial charge in [0.1, 0.15) is 12.1 Å². The monoisotopic (exact) mass is 380 g/mol. The zero-order valence-corrected chi connectivity index (χ0v) is 14.6. The average Bonchev–Trinajstić information content (AvgIpc) is 2.58. The molecule has 2 aromatic rings. The van der Waals surface area contributed by atoms with Gasteiger partial charge in [0.05, 0.1) is 0 Å². The molecule has 1 aliphatic rings. The minimum Gasteiger partial charge on any atom is -0.307 e. The van der Waals surface area contributed by atoms with E-state index in [9.17, 15) is 18.0 Å². The van der Waals surface area contributed by atoms with Crippen LogP contribution in [-0.4, -0.2) is 23.7 Å². The van der Waals surface area contributed by atoms with Crippen LogP contribution < -0.4 is 5.32 Å². The Morgan fingerprint density at radius 1 is 1.19 bits per heavy atom. The van der Waals surface area contributed by atoms with Gasteiger partial charge in [0.2, 0.25) is 0 Å². The number of carbonyl (C=O) groups is 1. The van der Waals surface area contributed by atoms with Gasteiger partial charge in [0.15, 0.2) is 0 Å². The number of nitrogens with one attached hydrogen (secondary N) is 1. The number of anilines is 1. The first-order valence-electron chi connectivity index (χ1n) is 7.93. The lowest BCUT2D eigenvalue weighted by molar-refractivity contribution is -0.146. The summed E-state index contributed by atoms with van der Waals surface area (Å²) in [6, 6.07) is 12.6. The lowest BCUT2D eigenvalue weighted by Crippen LogP contribution is -2.57. The van der Waals surface area contributed by atoms with Crippen LogP contribution in [0.1, 0.15) is 18.1 Å². The number of nitrogens with zero attached hydrogens (tertiary/aromatic N) is 1. The van der Waals surface area contributed by atoms with Crippen LogP contribution in [-0.2, 0) is 5.54 Å². The molecule has 0 aliphatic carbocycles. The topological polar surface area (TPSA) is 32.3 Å². The highest BCUT2D eigenvalue weighted by Crippen LogP contribution is 2.46. The maximum absolute atomic E-state index is 13.3. The fourth-order valence-corrected chi connectivity index (χ4v) is 3.50. The summed E-state index contributed by atoms with van der Waals surface area (Å²) in [4.78, 5) is 13.4. The highest BCUT2D eigenvalue weighted by molar-refractivity contribution is 6.30. The Balaban J connectivity index is 2.35. The number of urea groups is 1. The third-order valence-electron chi connectivity index (χ3n) is 4.26. The summed E-state index contributed by atoms with van der Waals surface area (Å²) >= 11 is 6.13. The van der Waals surface area contributed by atoms with Crippen LogP contribution in [0.3, 0.4) is 0 Å². The summed E-state index contributed by atoms with van der Waals surface area (Å²) in [6.07, 6.45) is -1.32. The molecule has 0 spiro atoms. The molecule has 7 heteroatoms. The van der Waals surface area contributed by atoms with Crippen molar-refractivity contribution in [2.75, 3.05) is 11.9 Å². The van der Waals surface area contributed by atoms with Crippen molar-refractivity contribution >= 4 is 23.3 Å². The van der Waals surface area contributed by atoms with E-state index in [1.807, 2.05) is 0 Å². The molecule has 1 aliphatic heterocycles. The van der Waals surface area contributed by atoms with Gasteiger partial charge < -0.3 is 5.32 Å². The Bertz CT molecular complexity index is 852. The molecule has 3 nitrogen and oxygen atoms in total. The molecule has 1 N–H and O–H groups in total. The first-order valence-corrected chi connectivity index (χ1v) is 8.30. The van der Waals surface area contributed by atoms with Crippen LogP contribution in [0.2, 0.25) is 5.02 Å². The van der Waals surface area contributed by atoms with Gasteiger partial charge in [-0.1, -0.05) is 54.1 Å². The maximum atomic E-state index is 13.3. The Labute approximate surface area is 154 Å². The first kappa shape index (κ1) is 18.3. The van der Waals surface area contributed by atoms with Gasteiger partial charge in [-0.2, -0.15) is 13.2 Å². The van der Waals surface area contributed by atoms with Crippen LogP contribution in [0.25, 0.3) is 0 Å². The Kier molecular flexibility index (Phi) is 4.71. The van der Waals surface area contributed by atoms with Gasteiger partial charge >= 0.3 is 12.2 Å². The van der Waals surface area contributed by atoms with Gasteiger partial charge in [0.25, 0.3) is 0 Å². The molecule has 26 heavy (non-hydrogen) atoms. The van der Waals surface area contributed by atoms with Crippen molar-refractivity contribution < 1.29 is 18.0 Å². The number of carbonyl (C=O) groups excluding carboxylic acids is 1. The molecule has 0 aromatic heterocycles. The predicted molar refractivity (Wildman–Crippen MR) is 95.3 cm³/mol. The number of rotatable bonds is 3. The van der Waals surface area contributed by atoms with Crippen molar-refractivity contribution in [3.05, 3.63) is 76.8 Å². The number of hydrogen-bond donors (Lipinski definition) is 1. The Morgan fingerprint density at radius 2 is 1.88 bits per heavy atom. The fraction of sp³-hybridized carbons (Fsp3) is 0.211. The normalized spacial score (nSPS) is 20.2. The number of alkyl halides is 3. The highest BCUT2D eigenvalue weighted by atomic mass is 35.5. The van der Waals surface area contributed by atoms with Crippen molar-refractivity contribution in [2.24, 2.45) is 0 Å². The van der Waals surface area contributed by atoms with Crippen LogP contribution in [0.4, 0.5) is 23.7 Å². The smallest absolute Gasteiger partial charge is 0.307 e. The number of allylic oxidation sites excluding steroid dienone is 1. The van der Waals surface area contributed by atoms with Crippen molar-refractivity contribution in [2.45, 2.75) is 18.6 Å². The van der Waals surface area contributed by atoms with Gasteiger partial charge in [-0.15, -0.1) is 0 Å². The van der Waals surface area contributed by atoms with Crippen molar-refractivity contribution in [1.82, 2.24) is 4.90 Å². The zero-order chi connectivity index (χ0) is 18.9. The average molecular weight is 381 g/mol. The SMILES string of the molecule is CC=CC1(c2ccccc2)c2cc(Cl)ccc2NC(=O)N1CC(F)(F)F. The summed E-state index contributed by atoms with van der Waals surface area (Å²) in [5.41, 5.74) is 0.0346. The van der Waals surface area contributed by atoms with Gasteiger partial charge in [-0.3, -0.25) is 4.90 Å². The summed E-state index contributed by atoms with van der Waals surface area (Å²) < 4.78 is 39.9.